The molecule has 1 aliphatic rings. The van der Waals surface area contributed by atoms with E-state index >= 15 is 0 Å². The van der Waals surface area contributed by atoms with E-state index in [9.17, 15) is 4.79 Å². The molecule has 0 unspecified atom stereocenters. The number of nitrogens with one attached hydrogen (secondary N) is 1. The molecule has 7 heavy (non-hydrogen) atoms. The number of carbonyl (C=O) groups is 1. The van der Waals surface area contributed by atoms with Crippen LogP contribution in [-0.2, 0) is 4.79 Å². The second kappa shape index (κ2) is 3.78. The minimum absolute atomic E-state index is 0. The van der Waals surface area contributed by atoms with Gasteiger partial charge in [0.2, 0.25) is 5.91 Å². The summed E-state index contributed by atoms with van der Waals surface area (Å²) in [6.07, 6.45) is 0.699. The molecule has 0 aromatic rings. The first-order valence-corrected chi connectivity index (χ1v) is 2.79. The molecule has 0 saturated carbocycles. The van der Waals surface area contributed by atoms with Gasteiger partial charge in [-0.15, -0.1) is 0 Å². The number of hydrogen-bond donors (Lipinski definition) is 1. The zero-order chi connectivity index (χ0) is 4.41. The van der Waals surface area contributed by atoms with E-state index in [1.807, 2.05) is 0 Å². The summed E-state index contributed by atoms with van der Waals surface area (Å²) in [4.78, 5) is 10.1. The summed E-state index contributed by atoms with van der Waals surface area (Å²) in [6.45, 7) is 0. The molecule has 1 N–H and O–H groups in total. The molecule has 1 rings (SSSR count). The SMILES string of the molecule is O=C1CCSN1.[NaH]. The molecule has 0 radical (unpaired) electrons. The van der Waals surface area contributed by atoms with Gasteiger partial charge in [0.25, 0.3) is 0 Å². The van der Waals surface area contributed by atoms with Crippen molar-refractivity contribution in [2.45, 2.75) is 6.42 Å². The molecule has 36 valence electrons. The van der Waals surface area contributed by atoms with Crippen LogP contribution in [0.15, 0.2) is 0 Å². The molecule has 1 saturated heterocycles. The van der Waals surface area contributed by atoms with Crippen LogP contribution in [-0.4, -0.2) is 41.2 Å². The van der Waals surface area contributed by atoms with Gasteiger partial charge in [-0.2, -0.15) is 0 Å². The summed E-state index contributed by atoms with van der Waals surface area (Å²) in [6, 6.07) is 0. The third kappa shape index (κ3) is 2.59. The number of amides is 1. The first-order chi connectivity index (χ1) is 2.89. The van der Waals surface area contributed by atoms with Gasteiger partial charge in [-0.25, -0.2) is 0 Å². The van der Waals surface area contributed by atoms with Crippen LogP contribution in [0.3, 0.4) is 0 Å². The van der Waals surface area contributed by atoms with Gasteiger partial charge in [0.1, 0.15) is 0 Å². The van der Waals surface area contributed by atoms with E-state index in [0.29, 0.717) is 6.42 Å². The van der Waals surface area contributed by atoms with Crippen LogP contribution in [0.25, 0.3) is 0 Å². The second-order valence-corrected chi connectivity index (χ2v) is 2.02. The standard InChI is InChI=1S/C3H5NOS.Na.H/c5-3-1-2-6-4-3;;/h1-2H2,(H,4,5);;. The van der Waals surface area contributed by atoms with E-state index in [1.165, 1.54) is 11.9 Å². The summed E-state index contributed by atoms with van der Waals surface area (Å²) in [5.74, 6) is 1.11. The molecule has 0 aromatic carbocycles. The molecule has 1 fully saturated rings. The van der Waals surface area contributed by atoms with Crippen molar-refractivity contribution in [2.24, 2.45) is 0 Å². The van der Waals surface area contributed by atoms with Crippen molar-refractivity contribution in [3.63, 3.8) is 0 Å². The van der Waals surface area contributed by atoms with E-state index in [-0.39, 0.29) is 35.5 Å². The summed E-state index contributed by atoms with van der Waals surface area (Å²) in [5.41, 5.74) is 0. The molecule has 0 aliphatic carbocycles. The number of hydrogen-bond acceptors (Lipinski definition) is 2. The van der Waals surface area contributed by atoms with Crippen molar-refractivity contribution in [2.75, 3.05) is 5.75 Å². The van der Waals surface area contributed by atoms with Crippen LogP contribution < -0.4 is 4.72 Å². The molecule has 1 aliphatic heterocycles. The van der Waals surface area contributed by atoms with E-state index < -0.39 is 0 Å². The Balaban J connectivity index is 0.000000360. The maximum absolute atomic E-state index is 10.1. The molecule has 0 spiro atoms. The fraction of sp³-hybridized carbons (Fsp3) is 0.667. The van der Waals surface area contributed by atoms with E-state index in [2.05, 4.69) is 4.72 Å². The minimum atomic E-state index is 0. The molecular formula is C3H6NNaOS. The Morgan fingerprint density at radius 3 is 2.57 bits per heavy atom. The van der Waals surface area contributed by atoms with E-state index in [4.69, 9.17) is 0 Å². The van der Waals surface area contributed by atoms with Crippen molar-refractivity contribution in [3.8, 4) is 0 Å². The second-order valence-electron chi connectivity index (χ2n) is 1.12. The van der Waals surface area contributed by atoms with Crippen LogP contribution in [0.2, 0.25) is 0 Å². The molecule has 0 aromatic heterocycles. The predicted molar refractivity (Wildman–Crippen MR) is 32.4 cm³/mol. The van der Waals surface area contributed by atoms with Gasteiger partial charge in [-0.3, -0.25) is 4.79 Å². The third-order valence-corrected chi connectivity index (χ3v) is 1.40. The fourth-order valence-corrected chi connectivity index (χ4v) is 0.979. The van der Waals surface area contributed by atoms with Gasteiger partial charge in [-0.1, -0.05) is 0 Å². The van der Waals surface area contributed by atoms with Gasteiger partial charge >= 0.3 is 29.6 Å². The fourth-order valence-electron chi connectivity index (χ4n) is 0.326. The zero-order valence-corrected chi connectivity index (χ0v) is 4.05. The van der Waals surface area contributed by atoms with Crippen LogP contribution in [0.5, 0.6) is 0 Å². The van der Waals surface area contributed by atoms with Gasteiger partial charge in [-0.05, 0) is 11.9 Å². The Hall–Kier alpha value is 0.820. The summed E-state index contributed by atoms with van der Waals surface area (Å²) in [7, 11) is 0. The van der Waals surface area contributed by atoms with Gasteiger partial charge < -0.3 is 4.72 Å². The van der Waals surface area contributed by atoms with Gasteiger partial charge in [0, 0.05) is 12.2 Å². The van der Waals surface area contributed by atoms with E-state index in [1.54, 1.807) is 0 Å². The normalized spacial score (nSPS) is 18.0. The zero-order valence-electron chi connectivity index (χ0n) is 3.23. The third-order valence-electron chi connectivity index (χ3n) is 0.617. The van der Waals surface area contributed by atoms with Crippen molar-refractivity contribution >= 4 is 47.4 Å². The Bertz CT molecular complexity index is 69.3. The Morgan fingerprint density at radius 2 is 2.43 bits per heavy atom. The van der Waals surface area contributed by atoms with Crippen LogP contribution in [0.1, 0.15) is 6.42 Å². The first-order valence-electron chi connectivity index (χ1n) is 1.80. The average Bonchev–Trinajstić information content (AvgIpc) is 1.86. The number of carbonyl (C=O) groups excluding carboxylic acids is 1. The van der Waals surface area contributed by atoms with Gasteiger partial charge in [0.15, 0.2) is 0 Å². The Morgan fingerprint density at radius 1 is 1.71 bits per heavy atom. The summed E-state index contributed by atoms with van der Waals surface area (Å²) in [5, 5.41) is 0. The number of rotatable bonds is 0. The van der Waals surface area contributed by atoms with Crippen LogP contribution >= 0.6 is 11.9 Å². The Labute approximate surface area is 68.8 Å². The average molecular weight is 127 g/mol. The molecule has 2 nitrogen and oxygen atoms in total. The van der Waals surface area contributed by atoms with Crippen molar-refractivity contribution in [1.82, 2.24) is 4.72 Å². The first kappa shape index (κ1) is 7.82. The summed E-state index contributed by atoms with van der Waals surface area (Å²) >= 11 is 1.48. The van der Waals surface area contributed by atoms with Crippen LogP contribution in [0, 0.1) is 0 Å². The van der Waals surface area contributed by atoms with Crippen LogP contribution in [0.4, 0.5) is 0 Å². The summed E-state index contributed by atoms with van der Waals surface area (Å²) < 4.78 is 2.60. The molecule has 0 bridgehead atoms. The molecular weight excluding hydrogens is 121 g/mol. The predicted octanol–water partition coefficient (Wildman–Crippen LogP) is -0.494. The molecule has 1 heterocycles. The molecule has 0 atom stereocenters. The monoisotopic (exact) mass is 127 g/mol. The van der Waals surface area contributed by atoms with Crippen molar-refractivity contribution in [1.29, 1.82) is 0 Å². The van der Waals surface area contributed by atoms with E-state index in [0.717, 1.165) is 5.75 Å². The topological polar surface area (TPSA) is 29.1 Å². The quantitative estimate of drug-likeness (QED) is 0.351. The maximum atomic E-state index is 10.1. The Kier molecular flexibility index (Phi) is 4.22. The molecule has 4 heteroatoms. The van der Waals surface area contributed by atoms with Crippen molar-refractivity contribution < 1.29 is 4.79 Å². The molecule has 1 amide bonds. The van der Waals surface area contributed by atoms with Gasteiger partial charge in [0.05, 0.1) is 0 Å². The van der Waals surface area contributed by atoms with Crippen molar-refractivity contribution in [3.05, 3.63) is 0 Å².